The highest BCUT2D eigenvalue weighted by Crippen LogP contribution is 2.23. The summed E-state index contributed by atoms with van der Waals surface area (Å²) in [6, 6.07) is 15.6. The van der Waals surface area contributed by atoms with Crippen LogP contribution < -0.4 is 4.74 Å². The molecule has 5 heteroatoms. The smallest absolute Gasteiger partial charge is 0.307 e. The van der Waals surface area contributed by atoms with Crippen LogP contribution in [0.25, 0.3) is 11.5 Å². The van der Waals surface area contributed by atoms with Gasteiger partial charge in [-0.1, -0.05) is 37.6 Å². The summed E-state index contributed by atoms with van der Waals surface area (Å²) >= 11 is 0. The Labute approximate surface area is 171 Å². The number of carboxylic acids is 1. The minimum absolute atomic E-state index is 0.0137. The highest BCUT2D eigenvalue weighted by molar-refractivity contribution is 5.70. The number of hydrogen-bond donors (Lipinski definition) is 1. The summed E-state index contributed by atoms with van der Waals surface area (Å²) in [6.07, 6.45) is 4.09. The molecule has 0 fully saturated rings. The van der Waals surface area contributed by atoms with Crippen molar-refractivity contribution in [3.05, 3.63) is 71.1 Å². The van der Waals surface area contributed by atoms with Crippen molar-refractivity contribution >= 4 is 5.97 Å². The second-order valence-corrected chi connectivity index (χ2v) is 7.14. The van der Waals surface area contributed by atoms with Crippen LogP contribution in [0.2, 0.25) is 0 Å². The van der Waals surface area contributed by atoms with Crippen molar-refractivity contribution in [2.75, 3.05) is 6.61 Å². The topological polar surface area (TPSA) is 72.6 Å². The molecule has 152 valence electrons. The number of benzene rings is 2. The first kappa shape index (κ1) is 20.6. The summed E-state index contributed by atoms with van der Waals surface area (Å²) in [6.45, 7) is 4.55. The van der Waals surface area contributed by atoms with Crippen molar-refractivity contribution in [2.45, 2.75) is 46.0 Å². The SMILES string of the molecule is CCCCc1ccc(-c2nc(CCOc3cccc(CC(=O)O)c3)c(C)o2)cc1. The Kier molecular flexibility index (Phi) is 7.06. The first-order valence-electron chi connectivity index (χ1n) is 10.0. The largest absolute Gasteiger partial charge is 0.493 e. The number of rotatable bonds is 10. The van der Waals surface area contributed by atoms with Gasteiger partial charge in [-0.3, -0.25) is 4.79 Å². The van der Waals surface area contributed by atoms with Crippen LogP contribution in [0.15, 0.2) is 52.9 Å². The second kappa shape index (κ2) is 9.92. The summed E-state index contributed by atoms with van der Waals surface area (Å²) in [4.78, 5) is 15.5. The molecule has 0 aliphatic heterocycles. The lowest BCUT2D eigenvalue weighted by Gasteiger charge is -2.06. The number of unbranched alkanes of at least 4 members (excludes halogenated alkanes) is 1. The van der Waals surface area contributed by atoms with E-state index in [1.807, 2.05) is 13.0 Å². The van der Waals surface area contributed by atoms with E-state index in [1.54, 1.807) is 18.2 Å². The predicted octanol–water partition coefficient (Wildman–Crippen LogP) is 5.24. The number of aryl methyl sites for hydroxylation is 2. The number of aromatic nitrogens is 1. The van der Waals surface area contributed by atoms with Crippen LogP contribution in [-0.2, 0) is 24.1 Å². The van der Waals surface area contributed by atoms with Gasteiger partial charge in [0, 0.05) is 12.0 Å². The molecular weight excluding hydrogens is 366 g/mol. The Bertz CT molecular complexity index is 944. The van der Waals surface area contributed by atoms with Gasteiger partial charge in [0.05, 0.1) is 18.7 Å². The second-order valence-electron chi connectivity index (χ2n) is 7.14. The number of carboxylic acid groups (broad SMARTS) is 1. The quantitative estimate of drug-likeness (QED) is 0.510. The Balaban J connectivity index is 1.59. The van der Waals surface area contributed by atoms with Crippen molar-refractivity contribution < 1.29 is 19.1 Å². The molecule has 1 N–H and O–H groups in total. The lowest BCUT2D eigenvalue weighted by molar-refractivity contribution is -0.136. The predicted molar refractivity (Wildman–Crippen MR) is 112 cm³/mol. The maximum Gasteiger partial charge on any atom is 0.307 e. The van der Waals surface area contributed by atoms with E-state index in [4.69, 9.17) is 14.3 Å². The van der Waals surface area contributed by atoms with Gasteiger partial charge in [0.2, 0.25) is 5.89 Å². The fraction of sp³-hybridized carbons (Fsp3) is 0.333. The zero-order chi connectivity index (χ0) is 20.6. The first-order valence-corrected chi connectivity index (χ1v) is 10.0. The van der Waals surface area contributed by atoms with Gasteiger partial charge in [0.25, 0.3) is 0 Å². The lowest BCUT2D eigenvalue weighted by atomic mass is 10.1. The van der Waals surface area contributed by atoms with E-state index in [2.05, 4.69) is 36.2 Å². The number of nitrogens with zero attached hydrogens (tertiary/aromatic N) is 1. The molecule has 0 radical (unpaired) electrons. The lowest BCUT2D eigenvalue weighted by Crippen LogP contribution is -2.04. The van der Waals surface area contributed by atoms with Gasteiger partial charge in [-0.05, 0) is 55.2 Å². The molecule has 0 spiro atoms. The molecule has 5 nitrogen and oxygen atoms in total. The molecule has 0 aliphatic rings. The number of hydrogen-bond acceptors (Lipinski definition) is 4. The third-order valence-electron chi connectivity index (χ3n) is 4.77. The summed E-state index contributed by atoms with van der Waals surface area (Å²) < 4.78 is 11.6. The van der Waals surface area contributed by atoms with Gasteiger partial charge >= 0.3 is 5.97 Å². The molecule has 29 heavy (non-hydrogen) atoms. The van der Waals surface area contributed by atoms with Gasteiger partial charge in [-0.25, -0.2) is 4.98 Å². The van der Waals surface area contributed by atoms with Crippen molar-refractivity contribution in [2.24, 2.45) is 0 Å². The van der Waals surface area contributed by atoms with Gasteiger partial charge in [-0.15, -0.1) is 0 Å². The van der Waals surface area contributed by atoms with Gasteiger partial charge in [-0.2, -0.15) is 0 Å². The van der Waals surface area contributed by atoms with Crippen LogP contribution in [-0.4, -0.2) is 22.7 Å². The van der Waals surface area contributed by atoms with Crippen molar-refractivity contribution in [1.82, 2.24) is 4.98 Å². The van der Waals surface area contributed by atoms with E-state index >= 15 is 0 Å². The van der Waals surface area contributed by atoms with Crippen LogP contribution in [0.5, 0.6) is 5.75 Å². The Morgan fingerprint density at radius 3 is 2.62 bits per heavy atom. The summed E-state index contributed by atoms with van der Waals surface area (Å²) in [7, 11) is 0. The number of aliphatic carboxylic acids is 1. The van der Waals surface area contributed by atoms with E-state index in [-0.39, 0.29) is 6.42 Å². The normalized spacial score (nSPS) is 10.8. The maximum atomic E-state index is 10.8. The molecule has 2 aromatic carbocycles. The molecule has 1 heterocycles. The van der Waals surface area contributed by atoms with Gasteiger partial charge < -0.3 is 14.3 Å². The zero-order valence-corrected chi connectivity index (χ0v) is 17.0. The first-order chi connectivity index (χ1) is 14.0. The fourth-order valence-corrected chi connectivity index (χ4v) is 3.16. The van der Waals surface area contributed by atoms with Crippen LogP contribution in [0.4, 0.5) is 0 Å². The number of ether oxygens (including phenoxy) is 1. The molecule has 0 aliphatic carbocycles. The molecule has 0 unspecified atom stereocenters. The van der Waals surface area contributed by atoms with Crippen molar-refractivity contribution in [3.8, 4) is 17.2 Å². The third-order valence-corrected chi connectivity index (χ3v) is 4.77. The monoisotopic (exact) mass is 393 g/mol. The van der Waals surface area contributed by atoms with E-state index in [9.17, 15) is 4.79 Å². The van der Waals surface area contributed by atoms with Crippen LogP contribution >= 0.6 is 0 Å². The molecular formula is C24H27NO4. The van der Waals surface area contributed by atoms with E-state index < -0.39 is 5.97 Å². The molecule has 0 saturated carbocycles. The Morgan fingerprint density at radius 2 is 1.90 bits per heavy atom. The molecule has 0 atom stereocenters. The highest BCUT2D eigenvalue weighted by Gasteiger charge is 2.12. The van der Waals surface area contributed by atoms with Crippen LogP contribution in [0, 0.1) is 6.92 Å². The van der Waals surface area contributed by atoms with Gasteiger partial charge in [0.15, 0.2) is 0 Å². The minimum atomic E-state index is -0.855. The Morgan fingerprint density at radius 1 is 1.10 bits per heavy atom. The highest BCUT2D eigenvalue weighted by atomic mass is 16.5. The third kappa shape index (κ3) is 5.95. The molecule has 1 aromatic heterocycles. The minimum Gasteiger partial charge on any atom is -0.493 e. The maximum absolute atomic E-state index is 10.8. The summed E-state index contributed by atoms with van der Waals surface area (Å²) in [5.41, 5.74) is 3.90. The average Bonchev–Trinajstić information content (AvgIpc) is 3.07. The molecule has 3 rings (SSSR count). The van der Waals surface area contributed by atoms with Gasteiger partial charge in [0.1, 0.15) is 11.5 Å². The van der Waals surface area contributed by atoms with E-state index in [0.717, 1.165) is 29.0 Å². The molecule has 3 aromatic rings. The summed E-state index contributed by atoms with van der Waals surface area (Å²) in [5, 5.41) is 8.90. The number of carbonyl (C=O) groups is 1. The van der Waals surface area contributed by atoms with Crippen molar-refractivity contribution in [3.63, 3.8) is 0 Å². The van der Waals surface area contributed by atoms with E-state index in [0.29, 0.717) is 24.7 Å². The van der Waals surface area contributed by atoms with Crippen LogP contribution in [0.1, 0.15) is 42.3 Å². The average molecular weight is 393 g/mol. The molecule has 0 saturated heterocycles. The number of oxazole rings is 1. The standard InChI is InChI=1S/C24H27NO4/c1-3-4-6-18-9-11-20(12-10-18)24-25-22(17(2)29-24)13-14-28-21-8-5-7-19(15-21)16-23(26)27/h5,7-12,15H,3-4,6,13-14,16H2,1-2H3,(H,26,27). The Hall–Kier alpha value is -3.08. The molecule has 0 amide bonds. The van der Waals surface area contributed by atoms with E-state index in [1.165, 1.54) is 18.4 Å². The molecule has 0 bridgehead atoms. The zero-order valence-electron chi connectivity index (χ0n) is 17.0. The summed E-state index contributed by atoms with van der Waals surface area (Å²) in [5.74, 6) is 1.22. The van der Waals surface area contributed by atoms with Crippen molar-refractivity contribution in [1.29, 1.82) is 0 Å². The van der Waals surface area contributed by atoms with Crippen LogP contribution in [0.3, 0.4) is 0 Å². The fourth-order valence-electron chi connectivity index (χ4n) is 3.16.